The van der Waals surface area contributed by atoms with Crippen LogP contribution in [-0.2, 0) is 15.1 Å². The molecule has 0 saturated carbocycles. The molecule has 2 aliphatic heterocycles. The number of carbonyl (C=O) groups excluding carboxylic acids is 1. The predicted octanol–water partition coefficient (Wildman–Crippen LogP) is 1.94. The Labute approximate surface area is 104 Å². The van der Waals surface area contributed by atoms with Gasteiger partial charge in [0, 0.05) is 5.39 Å². The number of aromatic nitrogens is 1. The molecule has 3 heterocycles. The number of cyclic esters (lactones) is 1. The molecule has 1 fully saturated rings. The topological polar surface area (TPSA) is 51.7 Å². The van der Waals surface area contributed by atoms with Crippen molar-refractivity contribution >= 4 is 16.9 Å². The van der Waals surface area contributed by atoms with Crippen LogP contribution in [0.5, 0.6) is 0 Å². The van der Waals surface area contributed by atoms with Crippen molar-refractivity contribution in [3.05, 3.63) is 41.1 Å². The van der Waals surface area contributed by atoms with Gasteiger partial charge in [0.1, 0.15) is 6.61 Å². The number of epoxide rings is 1. The van der Waals surface area contributed by atoms with Gasteiger partial charge >= 0.3 is 5.97 Å². The van der Waals surface area contributed by atoms with Crippen LogP contribution < -0.4 is 0 Å². The number of benzene rings is 1. The maximum atomic E-state index is 11.9. The third-order valence-corrected chi connectivity index (χ3v) is 3.72. The molecule has 4 nitrogen and oxygen atoms in total. The zero-order chi connectivity index (χ0) is 12.3. The lowest BCUT2D eigenvalue weighted by molar-refractivity contribution is 0.0319. The molecule has 1 aromatic heterocycles. The fourth-order valence-corrected chi connectivity index (χ4v) is 2.59. The van der Waals surface area contributed by atoms with Crippen LogP contribution >= 0.6 is 0 Å². The van der Waals surface area contributed by atoms with E-state index >= 15 is 0 Å². The highest BCUT2D eigenvalue weighted by Crippen LogP contribution is 2.44. The minimum atomic E-state index is -0.474. The summed E-state index contributed by atoms with van der Waals surface area (Å²) in [4.78, 5) is 16.6. The predicted molar refractivity (Wildman–Crippen MR) is 64.4 cm³/mol. The summed E-state index contributed by atoms with van der Waals surface area (Å²) in [6.45, 7) is 2.80. The van der Waals surface area contributed by atoms with Gasteiger partial charge in [-0.25, -0.2) is 9.78 Å². The number of pyridine rings is 1. The molecule has 0 amide bonds. The zero-order valence-corrected chi connectivity index (χ0v) is 9.90. The third-order valence-electron chi connectivity index (χ3n) is 3.72. The maximum Gasteiger partial charge on any atom is 0.340 e. The van der Waals surface area contributed by atoms with Crippen LogP contribution in [0.2, 0.25) is 0 Å². The van der Waals surface area contributed by atoms with E-state index in [0.717, 1.165) is 22.2 Å². The highest BCUT2D eigenvalue weighted by atomic mass is 16.6. The van der Waals surface area contributed by atoms with Gasteiger partial charge in [-0.3, -0.25) is 0 Å². The molecule has 1 saturated heterocycles. The molecule has 4 rings (SSSR count). The first-order valence-electron chi connectivity index (χ1n) is 5.92. The Kier molecular flexibility index (Phi) is 1.72. The fourth-order valence-electron chi connectivity index (χ4n) is 2.59. The van der Waals surface area contributed by atoms with E-state index in [4.69, 9.17) is 9.47 Å². The van der Waals surface area contributed by atoms with Crippen LogP contribution in [0.25, 0.3) is 10.9 Å². The van der Waals surface area contributed by atoms with Gasteiger partial charge in [0.25, 0.3) is 0 Å². The Balaban J connectivity index is 2.13. The lowest BCUT2D eigenvalue weighted by Crippen LogP contribution is -2.31. The molecule has 0 N–H and O–H groups in total. The third kappa shape index (κ3) is 1.13. The normalized spacial score (nSPS) is 25.1. The minimum Gasteiger partial charge on any atom is -0.458 e. The molecule has 90 valence electrons. The quantitative estimate of drug-likeness (QED) is 0.522. The first kappa shape index (κ1) is 10.0. The number of para-hydroxylation sites is 1. The van der Waals surface area contributed by atoms with Crippen LogP contribution in [0.4, 0.5) is 0 Å². The highest BCUT2D eigenvalue weighted by molar-refractivity contribution is 5.99. The summed E-state index contributed by atoms with van der Waals surface area (Å²) in [6, 6.07) is 7.82. The molecule has 1 unspecified atom stereocenters. The van der Waals surface area contributed by atoms with Crippen molar-refractivity contribution in [3.8, 4) is 0 Å². The molecular weight excluding hydrogens is 230 g/mol. The Hall–Kier alpha value is -1.94. The molecular formula is C14H11NO3. The molecule has 1 spiro atoms. The second kappa shape index (κ2) is 3.09. The summed E-state index contributed by atoms with van der Waals surface area (Å²) in [5.74, 6) is -0.290. The number of ether oxygens (including phenoxy) is 2. The van der Waals surface area contributed by atoms with Crippen molar-refractivity contribution in [2.75, 3.05) is 13.2 Å². The number of fused-ring (bicyclic) bond motifs is 3. The Bertz CT molecular complexity index is 689. The van der Waals surface area contributed by atoms with Crippen LogP contribution in [0.1, 0.15) is 21.6 Å². The zero-order valence-electron chi connectivity index (χ0n) is 9.90. The average Bonchev–Trinajstić information content (AvgIpc) is 3.16. The van der Waals surface area contributed by atoms with Gasteiger partial charge in [-0.05, 0) is 18.6 Å². The van der Waals surface area contributed by atoms with Gasteiger partial charge < -0.3 is 9.47 Å². The Morgan fingerprint density at radius 1 is 1.28 bits per heavy atom. The van der Waals surface area contributed by atoms with E-state index in [0.29, 0.717) is 12.2 Å². The van der Waals surface area contributed by atoms with Gasteiger partial charge in [0.15, 0.2) is 5.60 Å². The van der Waals surface area contributed by atoms with Crippen LogP contribution in [0, 0.1) is 6.92 Å². The lowest BCUT2D eigenvalue weighted by Gasteiger charge is -2.23. The highest BCUT2D eigenvalue weighted by Gasteiger charge is 2.54. The first-order chi connectivity index (χ1) is 8.71. The summed E-state index contributed by atoms with van der Waals surface area (Å²) in [5, 5.41) is 0.992. The average molecular weight is 241 g/mol. The van der Waals surface area contributed by atoms with E-state index in [1.54, 1.807) is 0 Å². The summed E-state index contributed by atoms with van der Waals surface area (Å²) >= 11 is 0. The molecule has 0 aliphatic carbocycles. The number of nitrogens with zero attached hydrogens (tertiary/aromatic N) is 1. The molecule has 0 radical (unpaired) electrons. The van der Waals surface area contributed by atoms with Crippen LogP contribution in [0.15, 0.2) is 24.3 Å². The summed E-state index contributed by atoms with van der Waals surface area (Å²) in [7, 11) is 0. The number of hydrogen-bond donors (Lipinski definition) is 0. The number of aryl methyl sites for hydroxylation is 1. The Morgan fingerprint density at radius 2 is 2.06 bits per heavy atom. The van der Waals surface area contributed by atoms with Gasteiger partial charge in [-0.1, -0.05) is 18.2 Å². The van der Waals surface area contributed by atoms with Crippen molar-refractivity contribution < 1.29 is 14.3 Å². The van der Waals surface area contributed by atoms with Crippen LogP contribution in [0.3, 0.4) is 0 Å². The van der Waals surface area contributed by atoms with E-state index < -0.39 is 5.60 Å². The van der Waals surface area contributed by atoms with E-state index in [1.807, 2.05) is 31.2 Å². The van der Waals surface area contributed by atoms with Crippen molar-refractivity contribution in [2.45, 2.75) is 12.5 Å². The summed E-state index contributed by atoms with van der Waals surface area (Å²) < 4.78 is 10.7. The fraction of sp³-hybridized carbons (Fsp3) is 0.286. The monoisotopic (exact) mass is 241 g/mol. The number of esters is 1. The van der Waals surface area contributed by atoms with E-state index in [2.05, 4.69) is 4.98 Å². The number of hydrogen-bond acceptors (Lipinski definition) is 4. The largest absolute Gasteiger partial charge is 0.458 e. The van der Waals surface area contributed by atoms with Gasteiger partial charge in [0.05, 0.1) is 23.4 Å². The molecule has 2 aliphatic rings. The molecule has 1 aromatic carbocycles. The van der Waals surface area contributed by atoms with Gasteiger partial charge in [-0.2, -0.15) is 0 Å². The summed E-state index contributed by atoms with van der Waals surface area (Å²) in [6.07, 6.45) is 0. The first-order valence-corrected chi connectivity index (χ1v) is 5.92. The molecule has 0 bridgehead atoms. The number of rotatable bonds is 0. The summed E-state index contributed by atoms with van der Waals surface area (Å²) in [5.41, 5.74) is 2.68. The molecule has 2 aromatic rings. The SMILES string of the molecule is Cc1c2c(nc3ccccc13)C1(COC2=O)CO1. The van der Waals surface area contributed by atoms with Crippen molar-refractivity contribution in [2.24, 2.45) is 0 Å². The standard InChI is InChI=1S/C14H11NO3/c1-8-9-4-2-3-5-10(9)15-12-11(8)13(16)17-6-14(12)7-18-14/h2-5H,6-7H2,1H3. The second-order valence-electron chi connectivity index (χ2n) is 4.84. The van der Waals surface area contributed by atoms with Gasteiger partial charge in [-0.15, -0.1) is 0 Å². The Morgan fingerprint density at radius 3 is 2.83 bits per heavy atom. The molecule has 1 atom stereocenters. The van der Waals surface area contributed by atoms with E-state index in [1.165, 1.54) is 0 Å². The van der Waals surface area contributed by atoms with Crippen molar-refractivity contribution in [1.82, 2.24) is 4.98 Å². The smallest absolute Gasteiger partial charge is 0.340 e. The molecule has 18 heavy (non-hydrogen) atoms. The van der Waals surface area contributed by atoms with Crippen molar-refractivity contribution in [1.29, 1.82) is 0 Å². The second-order valence-corrected chi connectivity index (χ2v) is 4.84. The lowest BCUT2D eigenvalue weighted by atomic mass is 9.93. The van der Waals surface area contributed by atoms with Crippen molar-refractivity contribution in [3.63, 3.8) is 0 Å². The van der Waals surface area contributed by atoms with Crippen LogP contribution in [-0.4, -0.2) is 24.2 Å². The van der Waals surface area contributed by atoms with E-state index in [9.17, 15) is 4.79 Å². The minimum absolute atomic E-state index is 0.281. The van der Waals surface area contributed by atoms with Gasteiger partial charge in [0.2, 0.25) is 0 Å². The van der Waals surface area contributed by atoms with E-state index in [-0.39, 0.29) is 12.6 Å². The molecule has 4 heteroatoms. The maximum absolute atomic E-state index is 11.9. The number of carbonyl (C=O) groups is 1.